The molecule has 1 heterocycles. The van der Waals surface area contributed by atoms with Gasteiger partial charge in [0, 0.05) is 5.39 Å². The van der Waals surface area contributed by atoms with Gasteiger partial charge in [0.2, 0.25) is 0 Å². The van der Waals surface area contributed by atoms with E-state index in [1.807, 2.05) is 0 Å². The van der Waals surface area contributed by atoms with E-state index >= 15 is 0 Å². The number of hydrogen-bond donors (Lipinski definition) is 3. The molecular formula is C15H8N6O4S. The van der Waals surface area contributed by atoms with Crippen LogP contribution < -0.4 is 0 Å². The summed E-state index contributed by atoms with van der Waals surface area (Å²) in [6.07, 6.45) is 0. The van der Waals surface area contributed by atoms with Gasteiger partial charge in [0.05, 0.1) is 4.90 Å². The largest absolute Gasteiger partial charge is 0.506 e. The van der Waals surface area contributed by atoms with Crippen molar-refractivity contribution in [2.24, 2.45) is 10.2 Å². The van der Waals surface area contributed by atoms with Crippen molar-refractivity contribution in [2.45, 2.75) is 4.90 Å². The number of fused-ring (bicyclic) bond motifs is 1. The monoisotopic (exact) mass is 368 g/mol. The van der Waals surface area contributed by atoms with Gasteiger partial charge in [-0.05, 0) is 23.6 Å². The van der Waals surface area contributed by atoms with Crippen molar-refractivity contribution in [3.63, 3.8) is 0 Å². The molecule has 0 saturated heterocycles. The first-order valence-electron chi connectivity index (χ1n) is 6.86. The van der Waals surface area contributed by atoms with Crippen LogP contribution in [0.25, 0.3) is 15.6 Å². The van der Waals surface area contributed by atoms with Gasteiger partial charge in [0.1, 0.15) is 17.5 Å². The van der Waals surface area contributed by atoms with E-state index in [4.69, 9.17) is 16.4 Å². The highest BCUT2D eigenvalue weighted by atomic mass is 32.2. The first-order valence-corrected chi connectivity index (χ1v) is 8.30. The molecule has 0 bridgehead atoms. The maximum absolute atomic E-state index is 11.2. The molecule has 0 amide bonds. The number of H-pyrrole nitrogens is 1. The highest BCUT2D eigenvalue weighted by Crippen LogP contribution is 2.37. The Labute approximate surface area is 146 Å². The summed E-state index contributed by atoms with van der Waals surface area (Å²) in [4.78, 5) is 9.09. The number of nitrogens with zero attached hydrogens (tertiary/aromatic N) is 5. The van der Waals surface area contributed by atoms with Crippen molar-refractivity contribution < 1.29 is 18.1 Å². The predicted octanol–water partition coefficient (Wildman–Crippen LogP) is 3.35. The molecule has 0 unspecified atom stereocenters. The quantitative estimate of drug-likeness (QED) is 0.365. The smallest absolute Gasteiger partial charge is 0.322 e. The summed E-state index contributed by atoms with van der Waals surface area (Å²) in [7, 11) is -4.37. The topological polar surface area (TPSA) is 156 Å². The lowest BCUT2D eigenvalue weighted by molar-refractivity contribution is 0.477. The Morgan fingerprint density at radius 2 is 2.04 bits per heavy atom. The molecule has 3 rings (SSSR count). The van der Waals surface area contributed by atoms with Gasteiger partial charge < -0.3 is 9.95 Å². The summed E-state index contributed by atoms with van der Waals surface area (Å²) >= 11 is 0. The maximum Gasteiger partial charge on any atom is 0.322 e. The fourth-order valence-electron chi connectivity index (χ4n) is 2.20. The summed E-state index contributed by atoms with van der Waals surface area (Å²) in [6, 6.07) is 8.23. The van der Waals surface area contributed by atoms with Crippen LogP contribution in [0.4, 0.5) is 17.5 Å². The highest BCUT2D eigenvalue weighted by Gasteiger charge is 2.14. The molecule has 1 aromatic heterocycles. The Kier molecular flexibility index (Phi) is 4.10. The first kappa shape index (κ1) is 17.0. The van der Waals surface area contributed by atoms with E-state index in [1.165, 1.54) is 24.3 Å². The van der Waals surface area contributed by atoms with Crippen LogP contribution in [0.3, 0.4) is 0 Å². The molecule has 26 heavy (non-hydrogen) atoms. The fraction of sp³-hybridized carbons (Fsp3) is 0. The van der Waals surface area contributed by atoms with Gasteiger partial charge in [-0.3, -0.25) is 9.54 Å². The molecule has 11 heteroatoms. The number of aromatic nitrogens is 2. The van der Waals surface area contributed by atoms with Crippen LogP contribution in [-0.4, -0.2) is 28.0 Å². The molecule has 0 aliphatic heterocycles. The average molecular weight is 368 g/mol. The minimum atomic E-state index is -4.37. The van der Waals surface area contributed by atoms with E-state index < -0.39 is 10.1 Å². The van der Waals surface area contributed by atoms with Crippen LogP contribution in [0.15, 0.2) is 45.5 Å². The summed E-state index contributed by atoms with van der Waals surface area (Å²) in [6.45, 7) is 6.93. The van der Waals surface area contributed by atoms with Crippen LogP contribution in [0.2, 0.25) is 0 Å². The van der Waals surface area contributed by atoms with Crippen molar-refractivity contribution in [2.75, 3.05) is 0 Å². The molecule has 0 aliphatic carbocycles. The van der Waals surface area contributed by atoms with Gasteiger partial charge in [-0.2, -0.15) is 18.7 Å². The Bertz CT molecular complexity index is 1220. The van der Waals surface area contributed by atoms with Crippen molar-refractivity contribution in [1.29, 1.82) is 5.26 Å². The average Bonchev–Trinajstić information content (AvgIpc) is 3.02. The molecule has 0 saturated carbocycles. The Balaban J connectivity index is 2.10. The lowest BCUT2D eigenvalue weighted by Crippen LogP contribution is -1.97. The lowest BCUT2D eigenvalue weighted by atomic mass is 10.1. The van der Waals surface area contributed by atoms with Gasteiger partial charge in [-0.1, -0.05) is 23.8 Å². The number of imidazole rings is 1. The molecule has 0 aliphatic rings. The molecule has 0 spiro atoms. The fourth-order valence-corrected chi connectivity index (χ4v) is 2.72. The van der Waals surface area contributed by atoms with Gasteiger partial charge >= 0.3 is 5.95 Å². The van der Waals surface area contributed by atoms with E-state index in [0.717, 1.165) is 6.07 Å². The van der Waals surface area contributed by atoms with E-state index in [1.54, 1.807) is 6.07 Å². The summed E-state index contributed by atoms with van der Waals surface area (Å²) in [5, 5.41) is 27.3. The lowest BCUT2D eigenvalue weighted by Gasteiger charge is -2.05. The van der Waals surface area contributed by atoms with Crippen LogP contribution in [-0.2, 0) is 10.1 Å². The number of phenols is 1. The second kappa shape index (κ2) is 6.25. The van der Waals surface area contributed by atoms with Crippen molar-refractivity contribution in [3.8, 4) is 11.8 Å². The number of phenolic OH excluding ortho intramolecular Hbond substituents is 1. The molecule has 128 valence electrons. The van der Waals surface area contributed by atoms with Crippen molar-refractivity contribution in [1.82, 2.24) is 9.97 Å². The van der Waals surface area contributed by atoms with E-state index in [9.17, 15) is 13.5 Å². The van der Waals surface area contributed by atoms with Crippen molar-refractivity contribution >= 4 is 38.3 Å². The summed E-state index contributed by atoms with van der Waals surface area (Å²) < 4.78 is 31.6. The zero-order valence-electron chi connectivity index (χ0n) is 12.7. The van der Waals surface area contributed by atoms with E-state index in [0.29, 0.717) is 10.8 Å². The number of nitrogens with one attached hydrogen (secondary N) is 1. The number of nitriles is 1. The molecule has 0 atom stereocenters. The Hall–Kier alpha value is -3.80. The number of rotatable bonds is 3. The standard InChI is InChI=1S/C15H8N6O4S/c1-17-14-11(7-16)18-15(19-14)21-20-13-10-4-3-9(26(23,24)25)6-8(10)2-5-12(13)22/h2-6,22H,(H,18,19)(H,23,24,25). The van der Waals surface area contributed by atoms with Gasteiger partial charge in [-0.15, -0.1) is 5.11 Å². The van der Waals surface area contributed by atoms with Gasteiger partial charge in [0.15, 0.2) is 5.69 Å². The first-order chi connectivity index (χ1) is 12.3. The Morgan fingerprint density at radius 3 is 2.65 bits per heavy atom. The zero-order chi connectivity index (χ0) is 18.9. The second-order valence-corrected chi connectivity index (χ2v) is 6.39. The number of aromatic hydroxyl groups is 1. The van der Waals surface area contributed by atoms with Crippen molar-refractivity contribution in [3.05, 3.63) is 47.4 Å². The van der Waals surface area contributed by atoms with Crippen LogP contribution in [0.1, 0.15) is 5.69 Å². The van der Waals surface area contributed by atoms with Crippen LogP contribution >= 0.6 is 0 Å². The Morgan fingerprint density at radius 1 is 1.27 bits per heavy atom. The summed E-state index contributed by atoms with van der Waals surface area (Å²) in [5.41, 5.74) is -0.0995. The van der Waals surface area contributed by atoms with Gasteiger partial charge in [-0.25, -0.2) is 0 Å². The molecular weight excluding hydrogens is 360 g/mol. The molecule has 3 N–H and O–H groups in total. The highest BCUT2D eigenvalue weighted by molar-refractivity contribution is 7.85. The molecule has 0 fully saturated rings. The number of aromatic amines is 1. The molecule has 2 aromatic carbocycles. The maximum atomic E-state index is 11.2. The SMILES string of the molecule is [C-]#[N+]c1[nH]c(N=Nc2c(O)ccc3cc(S(=O)(=O)O)ccc23)nc1C#N. The van der Waals surface area contributed by atoms with Gasteiger partial charge in [0.25, 0.3) is 15.9 Å². The minimum Gasteiger partial charge on any atom is -0.506 e. The second-order valence-electron chi connectivity index (χ2n) is 4.97. The van der Waals surface area contributed by atoms with E-state index in [-0.39, 0.29) is 33.8 Å². The predicted molar refractivity (Wildman–Crippen MR) is 89.2 cm³/mol. The minimum absolute atomic E-state index is 0.0312. The number of benzene rings is 2. The molecule has 3 aromatic rings. The van der Waals surface area contributed by atoms with Crippen LogP contribution in [0.5, 0.6) is 5.75 Å². The van der Waals surface area contributed by atoms with E-state index in [2.05, 4.69) is 25.0 Å². The normalized spacial score (nSPS) is 11.5. The summed E-state index contributed by atoms with van der Waals surface area (Å²) in [5.74, 6) is -0.404. The third-order valence-electron chi connectivity index (χ3n) is 3.37. The third-order valence-corrected chi connectivity index (χ3v) is 4.22. The van der Waals surface area contributed by atoms with Crippen LogP contribution in [0, 0.1) is 17.9 Å². The third kappa shape index (κ3) is 3.08. The number of hydrogen-bond acceptors (Lipinski definition) is 7. The number of azo groups is 1. The molecule has 0 radical (unpaired) electrons. The molecule has 10 nitrogen and oxygen atoms in total. The zero-order valence-corrected chi connectivity index (χ0v) is 13.6.